The number of carbonyl (C=O) groups is 2. The molecular weight excluding hydrogens is 400 g/mol. The summed E-state index contributed by atoms with van der Waals surface area (Å²) in [5.41, 5.74) is 2.09. The van der Waals surface area contributed by atoms with Gasteiger partial charge >= 0.3 is 0 Å². The minimum absolute atomic E-state index is 0.0678. The molecule has 1 fully saturated rings. The van der Waals surface area contributed by atoms with Crippen molar-refractivity contribution in [2.45, 2.75) is 25.8 Å². The molecule has 1 aromatic heterocycles. The maximum Gasteiger partial charge on any atom is 0.274 e. The molecule has 0 unspecified atom stereocenters. The lowest BCUT2D eigenvalue weighted by Crippen LogP contribution is -2.50. The summed E-state index contributed by atoms with van der Waals surface area (Å²) in [6, 6.07) is 5.21. The highest BCUT2D eigenvalue weighted by molar-refractivity contribution is 5.96. The van der Waals surface area contributed by atoms with Crippen LogP contribution in [0.4, 0.5) is 0 Å². The van der Waals surface area contributed by atoms with Crippen molar-refractivity contribution in [1.29, 1.82) is 0 Å². The normalized spacial score (nSPS) is 16.0. The second kappa shape index (κ2) is 8.87. The number of rotatable bonds is 5. The Balaban J connectivity index is 1.43. The van der Waals surface area contributed by atoms with Crippen LogP contribution in [0.25, 0.3) is 0 Å². The molecule has 4 rings (SSSR count). The van der Waals surface area contributed by atoms with Crippen LogP contribution < -0.4 is 14.2 Å². The van der Waals surface area contributed by atoms with Crippen LogP contribution in [-0.4, -0.2) is 78.9 Å². The van der Waals surface area contributed by atoms with Crippen molar-refractivity contribution in [2.24, 2.45) is 0 Å². The molecule has 166 valence electrons. The van der Waals surface area contributed by atoms with Gasteiger partial charge < -0.3 is 24.0 Å². The molecule has 0 N–H and O–H groups in total. The lowest BCUT2D eigenvalue weighted by Gasteiger charge is -2.34. The Labute approximate surface area is 181 Å². The minimum atomic E-state index is -0.135. The van der Waals surface area contributed by atoms with Crippen LogP contribution >= 0.6 is 0 Å². The Morgan fingerprint density at radius 3 is 1.97 bits per heavy atom. The predicted octanol–water partition coefficient (Wildman–Crippen LogP) is 1.84. The molecule has 1 aromatic carbocycles. The maximum atomic E-state index is 13.1. The number of aryl methyl sites for hydroxylation is 2. The number of carbonyl (C=O) groups excluding carboxylic acids is 2. The molecule has 0 saturated carbocycles. The topological polar surface area (TPSA) is 86.1 Å². The lowest BCUT2D eigenvalue weighted by atomic mass is 10.1. The van der Waals surface area contributed by atoms with E-state index in [0.717, 1.165) is 31.5 Å². The van der Waals surface area contributed by atoms with Crippen LogP contribution in [0.5, 0.6) is 17.2 Å². The highest BCUT2D eigenvalue weighted by Gasteiger charge is 2.28. The number of methoxy groups -OCH3 is 3. The molecule has 3 heterocycles. The van der Waals surface area contributed by atoms with Crippen molar-refractivity contribution >= 4 is 11.8 Å². The second-order valence-electron chi connectivity index (χ2n) is 7.70. The van der Waals surface area contributed by atoms with Gasteiger partial charge in [-0.25, -0.2) is 0 Å². The van der Waals surface area contributed by atoms with Gasteiger partial charge in [0.15, 0.2) is 17.2 Å². The second-order valence-corrected chi connectivity index (χ2v) is 7.70. The average Bonchev–Trinajstić information content (AvgIpc) is 3.26. The molecule has 0 spiro atoms. The number of amides is 2. The number of ether oxygens (including phenoxy) is 3. The first-order valence-corrected chi connectivity index (χ1v) is 10.5. The number of hydrogen-bond donors (Lipinski definition) is 0. The predicted molar refractivity (Wildman–Crippen MR) is 113 cm³/mol. The van der Waals surface area contributed by atoms with Crippen molar-refractivity contribution in [3.05, 3.63) is 35.2 Å². The smallest absolute Gasteiger partial charge is 0.274 e. The number of piperazine rings is 1. The average molecular weight is 428 g/mol. The first-order chi connectivity index (χ1) is 15.0. The van der Waals surface area contributed by atoms with E-state index in [4.69, 9.17) is 14.2 Å². The van der Waals surface area contributed by atoms with E-state index in [1.54, 1.807) is 21.9 Å². The molecule has 31 heavy (non-hydrogen) atoms. The molecular formula is C22H28N4O5. The van der Waals surface area contributed by atoms with E-state index < -0.39 is 0 Å². The number of nitrogens with zero attached hydrogens (tertiary/aromatic N) is 4. The van der Waals surface area contributed by atoms with Crippen LogP contribution in [0.2, 0.25) is 0 Å². The molecule has 0 radical (unpaired) electrons. The van der Waals surface area contributed by atoms with Crippen LogP contribution in [0.15, 0.2) is 18.2 Å². The summed E-state index contributed by atoms with van der Waals surface area (Å²) in [6.07, 6.45) is 3.21. The van der Waals surface area contributed by atoms with E-state index in [2.05, 4.69) is 5.10 Å². The van der Waals surface area contributed by atoms with Crippen molar-refractivity contribution in [3.63, 3.8) is 0 Å². The third kappa shape index (κ3) is 4.04. The van der Waals surface area contributed by atoms with Gasteiger partial charge in [-0.3, -0.25) is 14.3 Å². The van der Waals surface area contributed by atoms with Gasteiger partial charge in [0, 0.05) is 44.0 Å². The van der Waals surface area contributed by atoms with E-state index in [1.807, 2.05) is 10.7 Å². The third-order valence-electron chi connectivity index (χ3n) is 5.90. The fourth-order valence-corrected chi connectivity index (χ4v) is 4.18. The van der Waals surface area contributed by atoms with Gasteiger partial charge in [0.2, 0.25) is 5.75 Å². The summed E-state index contributed by atoms with van der Waals surface area (Å²) in [5, 5.41) is 4.49. The zero-order valence-corrected chi connectivity index (χ0v) is 18.2. The van der Waals surface area contributed by atoms with E-state index >= 15 is 0 Å². The molecule has 2 aliphatic rings. The maximum absolute atomic E-state index is 13.1. The quantitative estimate of drug-likeness (QED) is 0.723. The first kappa shape index (κ1) is 21.0. The zero-order valence-electron chi connectivity index (χ0n) is 18.2. The number of hydrogen-bond acceptors (Lipinski definition) is 6. The van der Waals surface area contributed by atoms with E-state index in [9.17, 15) is 9.59 Å². The summed E-state index contributed by atoms with van der Waals surface area (Å²) in [5.74, 6) is 1.11. The van der Waals surface area contributed by atoms with Crippen molar-refractivity contribution in [3.8, 4) is 17.2 Å². The van der Waals surface area contributed by atoms with Gasteiger partial charge in [0.1, 0.15) is 0 Å². The molecule has 9 heteroatoms. The number of aromatic nitrogens is 2. The van der Waals surface area contributed by atoms with E-state index in [1.165, 1.54) is 21.3 Å². The van der Waals surface area contributed by atoms with Crippen molar-refractivity contribution in [1.82, 2.24) is 19.6 Å². The Kier molecular flexibility index (Phi) is 6.01. The summed E-state index contributed by atoms with van der Waals surface area (Å²) < 4.78 is 18.0. The van der Waals surface area contributed by atoms with Gasteiger partial charge in [0.25, 0.3) is 11.8 Å². The SMILES string of the molecule is COc1cc(C(=O)N2CCN(C(=O)c3cc4n(n3)CCCC4)CC2)cc(OC)c1OC. The van der Waals surface area contributed by atoms with Crippen LogP contribution in [0.3, 0.4) is 0 Å². The van der Waals surface area contributed by atoms with Crippen molar-refractivity contribution < 1.29 is 23.8 Å². The third-order valence-corrected chi connectivity index (χ3v) is 5.90. The largest absolute Gasteiger partial charge is 0.493 e. The number of fused-ring (bicyclic) bond motifs is 1. The van der Waals surface area contributed by atoms with Gasteiger partial charge in [0.05, 0.1) is 21.3 Å². The molecule has 2 aromatic rings. The van der Waals surface area contributed by atoms with Gasteiger partial charge in [-0.2, -0.15) is 5.10 Å². The van der Waals surface area contributed by atoms with Crippen LogP contribution in [0, 0.1) is 0 Å². The van der Waals surface area contributed by atoms with Crippen molar-refractivity contribution in [2.75, 3.05) is 47.5 Å². The molecule has 0 bridgehead atoms. The molecule has 0 atom stereocenters. The monoisotopic (exact) mass is 428 g/mol. The Bertz CT molecular complexity index is 930. The fourth-order valence-electron chi connectivity index (χ4n) is 4.18. The van der Waals surface area contributed by atoms with Crippen LogP contribution in [-0.2, 0) is 13.0 Å². The van der Waals surface area contributed by atoms with Gasteiger partial charge in [-0.15, -0.1) is 0 Å². The Morgan fingerprint density at radius 1 is 0.806 bits per heavy atom. The molecule has 2 aliphatic heterocycles. The standard InChI is InChI=1S/C22H28N4O5/c1-29-18-12-15(13-19(30-2)20(18)31-3)21(27)24-8-10-25(11-9-24)22(28)17-14-16-6-4-5-7-26(16)23-17/h12-14H,4-11H2,1-3H3. The zero-order chi connectivity index (χ0) is 22.0. The fraction of sp³-hybridized carbons (Fsp3) is 0.500. The summed E-state index contributed by atoms with van der Waals surface area (Å²) in [4.78, 5) is 29.5. The summed E-state index contributed by atoms with van der Waals surface area (Å²) in [6.45, 7) is 2.72. The molecule has 1 saturated heterocycles. The Hall–Kier alpha value is -3.23. The minimum Gasteiger partial charge on any atom is -0.493 e. The first-order valence-electron chi connectivity index (χ1n) is 10.5. The molecule has 9 nitrogen and oxygen atoms in total. The summed E-state index contributed by atoms with van der Waals surface area (Å²) in [7, 11) is 4.56. The highest BCUT2D eigenvalue weighted by Crippen LogP contribution is 2.38. The van der Waals surface area contributed by atoms with Gasteiger partial charge in [-0.05, 0) is 37.5 Å². The Morgan fingerprint density at radius 2 is 1.42 bits per heavy atom. The molecule has 0 aliphatic carbocycles. The van der Waals surface area contributed by atoms with Crippen LogP contribution in [0.1, 0.15) is 39.4 Å². The number of benzene rings is 1. The van der Waals surface area contributed by atoms with E-state index in [-0.39, 0.29) is 11.8 Å². The highest BCUT2D eigenvalue weighted by atomic mass is 16.5. The molecule has 2 amide bonds. The van der Waals surface area contributed by atoms with Gasteiger partial charge in [-0.1, -0.05) is 0 Å². The van der Waals surface area contributed by atoms with E-state index in [0.29, 0.717) is 54.7 Å². The summed E-state index contributed by atoms with van der Waals surface area (Å²) >= 11 is 0. The lowest BCUT2D eigenvalue weighted by molar-refractivity contribution is 0.0531.